The summed E-state index contributed by atoms with van der Waals surface area (Å²) in [5, 5.41) is 0. The van der Waals surface area contributed by atoms with E-state index in [1.165, 1.54) is 30.4 Å². The minimum absolute atomic E-state index is 0.160. The first-order valence-electron chi connectivity index (χ1n) is 11.3. The molecule has 166 valence electrons. The van der Waals surface area contributed by atoms with Crippen molar-refractivity contribution in [3.63, 3.8) is 0 Å². The molecule has 2 saturated heterocycles. The van der Waals surface area contributed by atoms with E-state index in [2.05, 4.69) is 70.7 Å². The second kappa shape index (κ2) is 13.6. The molecule has 2 fully saturated rings. The summed E-state index contributed by atoms with van der Waals surface area (Å²) in [5.41, 5.74) is 3.62. The van der Waals surface area contributed by atoms with Gasteiger partial charge in [-0.2, -0.15) is 0 Å². The molecule has 2 aliphatic heterocycles. The van der Waals surface area contributed by atoms with E-state index < -0.39 is 0 Å². The second-order valence-electron chi connectivity index (χ2n) is 8.79. The Labute approximate surface area is 183 Å². The van der Waals surface area contributed by atoms with Gasteiger partial charge in [-0.3, -0.25) is 0 Å². The van der Waals surface area contributed by atoms with Crippen LogP contribution in [0, 0.1) is 18.8 Å². The molecule has 0 spiro atoms. The highest BCUT2D eigenvalue weighted by Crippen LogP contribution is 2.24. The summed E-state index contributed by atoms with van der Waals surface area (Å²) >= 11 is 0. The Balaban J connectivity index is 0.000000215. The molecule has 30 heavy (non-hydrogen) atoms. The van der Waals surface area contributed by atoms with Gasteiger partial charge < -0.3 is 14.2 Å². The Morgan fingerprint density at radius 1 is 1.00 bits per heavy atom. The fourth-order valence-electron chi connectivity index (χ4n) is 3.51. The molecule has 1 aromatic rings. The van der Waals surface area contributed by atoms with Crippen LogP contribution in [0.1, 0.15) is 63.9 Å². The van der Waals surface area contributed by atoms with Crippen molar-refractivity contribution in [1.82, 2.24) is 0 Å². The van der Waals surface area contributed by atoms with Gasteiger partial charge in [-0.05, 0) is 39.0 Å². The van der Waals surface area contributed by atoms with E-state index in [-0.39, 0.29) is 6.29 Å². The zero-order valence-corrected chi connectivity index (χ0v) is 19.3. The van der Waals surface area contributed by atoms with Crippen LogP contribution in [0.2, 0.25) is 0 Å². The van der Waals surface area contributed by atoms with Gasteiger partial charge in [0.2, 0.25) is 0 Å². The predicted octanol–water partition coefficient (Wildman–Crippen LogP) is 6.95. The molecule has 0 amide bonds. The Hall–Kier alpha value is -1.68. The number of hydrogen-bond donors (Lipinski definition) is 0. The number of hydrogen-bond acceptors (Lipinski definition) is 3. The van der Waals surface area contributed by atoms with E-state index in [0.717, 1.165) is 37.7 Å². The predicted molar refractivity (Wildman–Crippen MR) is 125 cm³/mol. The van der Waals surface area contributed by atoms with Crippen molar-refractivity contribution in [2.75, 3.05) is 19.8 Å². The summed E-state index contributed by atoms with van der Waals surface area (Å²) in [5.74, 6) is 1.24. The highest BCUT2D eigenvalue weighted by molar-refractivity contribution is 5.22. The quantitative estimate of drug-likeness (QED) is 0.490. The van der Waals surface area contributed by atoms with Crippen LogP contribution in [0.15, 0.2) is 60.7 Å². The zero-order chi connectivity index (χ0) is 21.8. The smallest absolute Gasteiger partial charge is 0.183 e. The molecule has 2 unspecified atom stereocenters. The third-order valence-electron chi connectivity index (χ3n) is 5.41. The molecule has 0 aromatic heterocycles. The number of allylic oxidation sites excluding steroid dienone is 4. The van der Waals surface area contributed by atoms with Crippen molar-refractivity contribution >= 4 is 0 Å². The highest BCUT2D eigenvalue weighted by atomic mass is 16.7. The lowest BCUT2D eigenvalue weighted by Gasteiger charge is -2.27. The van der Waals surface area contributed by atoms with E-state index in [1.54, 1.807) is 0 Å². The monoisotopic (exact) mass is 412 g/mol. The summed E-state index contributed by atoms with van der Waals surface area (Å²) < 4.78 is 17.1. The van der Waals surface area contributed by atoms with Crippen LogP contribution in [-0.4, -0.2) is 25.9 Å². The molecule has 1 aromatic carbocycles. The molecule has 0 radical (unpaired) electrons. The zero-order valence-electron chi connectivity index (χ0n) is 19.3. The van der Waals surface area contributed by atoms with Crippen LogP contribution in [0.4, 0.5) is 0 Å². The summed E-state index contributed by atoms with van der Waals surface area (Å²) in [6.45, 7) is 14.8. The summed E-state index contributed by atoms with van der Waals surface area (Å²) in [4.78, 5) is 0. The average molecular weight is 413 g/mol. The van der Waals surface area contributed by atoms with Crippen molar-refractivity contribution in [1.29, 1.82) is 0 Å². The largest absolute Gasteiger partial charge is 0.378 e. The number of benzene rings is 1. The Bertz CT molecular complexity index is 666. The third-order valence-corrected chi connectivity index (χ3v) is 5.41. The maximum Gasteiger partial charge on any atom is 0.183 e. The molecule has 2 atom stereocenters. The van der Waals surface area contributed by atoms with Crippen molar-refractivity contribution in [2.24, 2.45) is 11.8 Å². The molecule has 3 heteroatoms. The van der Waals surface area contributed by atoms with Crippen molar-refractivity contribution in [2.45, 2.75) is 65.8 Å². The van der Waals surface area contributed by atoms with E-state index in [1.807, 2.05) is 12.2 Å². The van der Waals surface area contributed by atoms with Crippen LogP contribution in [-0.2, 0) is 14.2 Å². The topological polar surface area (TPSA) is 27.7 Å². The first-order chi connectivity index (χ1) is 14.5. The molecular weight excluding hydrogens is 372 g/mol. The van der Waals surface area contributed by atoms with Gasteiger partial charge in [0.05, 0.1) is 19.3 Å². The van der Waals surface area contributed by atoms with E-state index >= 15 is 0 Å². The molecule has 2 aliphatic rings. The van der Waals surface area contributed by atoms with E-state index in [4.69, 9.17) is 14.2 Å². The van der Waals surface area contributed by atoms with Crippen LogP contribution < -0.4 is 0 Å². The molecular formula is C27H40O3. The molecule has 3 nitrogen and oxygen atoms in total. The SMILES string of the molecule is C=C/C=C(C)\C=C/CC1CCCC(C)CO1.Cc1ccc(C2OCC(C)CO2)cc1. The van der Waals surface area contributed by atoms with E-state index in [0.29, 0.717) is 12.0 Å². The Morgan fingerprint density at radius 2 is 1.67 bits per heavy atom. The van der Waals surface area contributed by atoms with Gasteiger partial charge in [-0.25, -0.2) is 0 Å². The van der Waals surface area contributed by atoms with Crippen LogP contribution >= 0.6 is 0 Å². The maximum atomic E-state index is 5.87. The minimum atomic E-state index is -0.160. The number of ether oxygens (including phenoxy) is 3. The summed E-state index contributed by atoms with van der Waals surface area (Å²) in [6, 6.07) is 8.30. The molecule has 0 saturated carbocycles. The molecule has 3 rings (SSSR count). The highest BCUT2D eigenvalue weighted by Gasteiger charge is 2.20. The number of aryl methyl sites for hydroxylation is 1. The minimum Gasteiger partial charge on any atom is -0.378 e. The van der Waals surface area contributed by atoms with E-state index in [9.17, 15) is 0 Å². The lowest BCUT2D eigenvalue weighted by atomic mass is 10.0. The van der Waals surface area contributed by atoms with Crippen LogP contribution in [0.25, 0.3) is 0 Å². The molecule has 2 heterocycles. The van der Waals surface area contributed by atoms with Gasteiger partial charge in [0.15, 0.2) is 6.29 Å². The van der Waals surface area contributed by atoms with Gasteiger partial charge in [-0.1, -0.05) is 86.6 Å². The second-order valence-corrected chi connectivity index (χ2v) is 8.79. The third kappa shape index (κ3) is 9.42. The van der Waals surface area contributed by atoms with Gasteiger partial charge in [0.25, 0.3) is 0 Å². The van der Waals surface area contributed by atoms with Gasteiger partial charge in [0, 0.05) is 18.1 Å². The Kier molecular flexibility index (Phi) is 11.1. The van der Waals surface area contributed by atoms with Gasteiger partial charge >= 0.3 is 0 Å². The lowest BCUT2D eigenvalue weighted by Crippen LogP contribution is -2.24. The fourth-order valence-corrected chi connectivity index (χ4v) is 3.51. The summed E-state index contributed by atoms with van der Waals surface area (Å²) in [6.07, 6.45) is 13.3. The fraction of sp³-hybridized carbons (Fsp3) is 0.556. The maximum absolute atomic E-state index is 5.87. The van der Waals surface area contributed by atoms with Gasteiger partial charge in [0.1, 0.15) is 0 Å². The molecule has 0 bridgehead atoms. The first-order valence-corrected chi connectivity index (χ1v) is 11.3. The standard InChI is InChI=1S/C15H24O.C12H16O2/c1-4-7-13(2)8-5-10-15-11-6-9-14(3)12-16-15;1-9-3-5-11(6-4-9)12-13-7-10(2)8-14-12/h4-5,7-8,14-15H,1,6,9-12H2,2-3H3;3-6,10,12H,7-8H2,1-2H3/b8-5-,13-7-;. The van der Waals surface area contributed by atoms with Crippen LogP contribution in [0.5, 0.6) is 0 Å². The normalized spacial score (nSPS) is 27.8. The van der Waals surface area contributed by atoms with Crippen molar-refractivity contribution < 1.29 is 14.2 Å². The Morgan fingerprint density at radius 3 is 2.33 bits per heavy atom. The molecule has 0 aliphatic carbocycles. The lowest BCUT2D eigenvalue weighted by molar-refractivity contribution is -0.202. The van der Waals surface area contributed by atoms with Crippen molar-refractivity contribution in [3.05, 3.63) is 71.8 Å². The number of rotatable bonds is 5. The molecule has 0 N–H and O–H groups in total. The van der Waals surface area contributed by atoms with Gasteiger partial charge in [-0.15, -0.1) is 0 Å². The average Bonchev–Trinajstić information content (AvgIpc) is 2.94. The summed E-state index contributed by atoms with van der Waals surface area (Å²) in [7, 11) is 0. The first kappa shape index (κ1) is 24.6. The van der Waals surface area contributed by atoms with Crippen molar-refractivity contribution in [3.8, 4) is 0 Å². The van der Waals surface area contributed by atoms with Crippen LogP contribution in [0.3, 0.4) is 0 Å².